The average Bonchev–Trinajstić information content (AvgIpc) is 3.30. The molecule has 164 valence electrons. The highest BCUT2D eigenvalue weighted by Gasteiger charge is 2.36. The molecule has 1 aliphatic rings. The zero-order valence-corrected chi connectivity index (χ0v) is 18.8. The fourth-order valence-electron chi connectivity index (χ4n) is 3.89. The number of thiazole rings is 1. The van der Waals surface area contributed by atoms with Crippen LogP contribution in [-0.4, -0.2) is 50.4 Å². The Balaban J connectivity index is 1.39. The van der Waals surface area contributed by atoms with Gasteiger partial charge in [0.25, 0.3) is 5.91 Å². The molecule has 1 aromatic carbocycles. The van der Waals surface area contributed by atoms with E-state index in [2.05, 4.69) is 5.10 Å². The third-order valence-electron chi connectivity index (χ3n) is 5.68. The van der Waals surface area contributed by atoms with E-state index in [4.69, 9.17) is 9.72 Å². The summed E-state index contributed by atoms with van der Waals surface area (Å²) in [6, 6.07) is 9.76. The molecule has 7 nitrogen and oxygen atoms in total. The van der Waals surface area contributed by atoms with Gasteiger partial charge in [-0.3, -0.25) is 9.48 Å². The Kier molecular flexibility index (Phi) is 6.38. The van der Waals surface area contributed by atoms with Gasteiger partial charge >= 0.3 is 0 Å². The Bertz CT molecular complexity index is 1030. The summed E-state index contributed by atoms with van der Waals surface area (Å²) in [5.74, 6) is 0.817. The van der Waals surface area contributed by atoms with Gasteiger partial charge in [0.2, 0.25) is 0 Å². The van der Waals surface area contributed by atoms with Gasteiger partial charge in [-0.2, -0.15) is 5.10 Å². The smallest absolute Gasteiger partial charge is 0.257 e. The summed E-state index contributed by atoms with van der Waals surface area (Å²) in [7, 11) is 1.80. The van der Waals surface area contributed by atoms with Gasteiger partial charge in [-0.1, -0.05) is 18.2 Å². The number of para-hydroxylation sites is 1. The number of carbonyl (C=O) groups excluding carboxylic acids is 1. The maximum atomic E-state index is 12.8. The van der Waals surface area contributed by atoms with E-state index in [-0.39, 0.29) is 5.91 Å². The number of aliphatic hydroxyl groups is 1. The Labute approximate surface area is 186 Å². The molecule has 1 amide bonds. The minimum absolute atomic E-state index is 0.0357. The Morgan fingerprint density at radius 1 is 1.26 bits per heavy atom. The Hall–Kier alpha value is -2.71. The molecule has 1 N–H and O–H groups in total. The maximum absolute atomic E-state index is 12.8. The second kappa shape index (κ2) is 9.20. The molecule has 8 heteroatoms. The van der Waals surface area contributed by atoms with Crippen LogP contribution in [0.2, 0.25) is 0 Å². The lowest BCUT2D eigenvalue weighted by atomic mass is 9.96. The van der Waals surface area contributed by atoms with Crippen LogP contribution in [0.3, 0.4) is 0 Å². The number of hydrogen-bond donors (Lipinski definition) is 1. The van der Waals surface area contributed by atoms with Gasteiger partial charge in [-0.05, 0) is 31.9 Å². The van der Waals surface area contributed by atoms with Crippen molar-refractivity contribution < 1.29 is 14.6 Å². The normalized spacial score (nSPS) is 19.3. The van der Waals surface area contributed by atoms with Crippen molar-refractivity contribution in [1.82, 2.24) is 19.7 Å². The topological polar surface area (TPSA) is 80.5 Å². The van der Waals surface area contributed by atoms with E-state index >= 15 is 0 Å². The maximum Gasteiger partial charge on any atom is 0.257 e. The zero-order valence-electron chi connectivity index (χ0n) is 18.0. The highest BCUT2D eigenvalue weighted by atomic mass is 32.1. The van der Waals surface area contributed by atoms with Gasteiger partial charge in [0.15, 0.2) is 0 Å². The molecule has 3 aromatic rings. The average molecular weight is 441 g/mol. The van der Waals surface area contributed by atoms with Crippen LogP contribution in [0.4, 0.5) is 0 Å². The van der Waals surface area contributed by atoms with Crippen LogP contribution in [0, 0.1) is 6.92 Å². The first-order chi connectivity index (χ1) is 14.9. The minimum atomic E-state index is -1.00. The molecule has 2 aromatic heterocycles. The quantitative estimate of drug-likeness (QED) is 0.636. The van der Waals surface area contributed by atoms with Gasteiger partial charge in [0.1, 0.15) is 16.4 Å². The number of aryl methyl sites for hydroxylation is 2. The third kappa shape index (κ3) is 4.97. The summed E-state index contributed by atoms with van der Waals surface area (Å²) in [4.78, 5) is 20.4. The largest absolute Gasteiger partial charge is 0.493 e. The molecule has 0 saturated carbocycles. The van der Waals surface area contributed by atoms with Gasteiger partial charge in [0.05, 0.1) is 24.1 Å². The second-order valence-electron chi connectivity index (χ2n) is 8.02. The first-order valence-electron chi connectivity index (χ1n) is 10.6. The van der Waals surface area contributed by atoms with E-state index in [9.17, 15) is 9.90 Å². The van der Waals surface area contributed by atoms with Crippen molar-refractivity contribution in [2.75, 3.05) is 19.7 Å². The molecule has 31 heavy (non-hydrogen) atoms. The molecule has 0 spiro atoms. The molecule has 0 radical (unpaired) electrons. The lowest BCUT2D eigenvalue weighted by Crippen LogP contribution is -2.33. The number of rotatable bonds is 6. The standard InChI is InChI=1S/C23H28N4O3S/c1-17-20(9-14-30-19-7-4-3-5-8-19)31-22(25-17)23(29)10-6-12-27(13-11-23)21(28)18-15-24-26(2)16-18/h3-5,7-8,15-16,29H,6,9-14H2,1-2H3/t23-/m1/s1. The molecule has 0 bridgehead atoms. The monoisotopic (exact) mass is 440 g/mol. The number of hydrogen-bond acceptors (Lipinski definition) is 6. The number of nitrogens with zero attached hydrogens (tertiary/aromatic N) is 4. The number of ether oxygens (including phenoxy) is 1. The summed E-state index contributed by atoms with van der Waals surface area (Å²) in [5.41, 5.74) is 0.522. The first kappa shape index (κ1) is 21.5. The third-order valence-corrected chi connectivity index (χ3v) is 7.10. The van der Waals surface area contributed by atoms with E-state index in [1.54, 1.807) is 35.5 Å². The summed E-state index contributed by atoms with van der Waals surface area (Å²) in [6.07, 6.45) is 5.87. The molecule has 1 saturated heterocycles. The van der Waals surface area contributed by atoms with Crippen molar-refractivity contribution in [2.24, 2.45) is 7.05 Å². The van der Waals surface area contributed by atoms with Crippen LogP contribution in [-0.2, 0) is 19.1 Å². The minimum Gasteiger partial charge on any atom is -0.493 e. The summed E-state index contributed by atoms with van der Waals surface area (Å²) >= 11 is 1.56. The fourth-order valence-corrected chi connectivity index (χ4v) is 5.08. The van der Waals surface area contributed by atoms with Gasteiger partial charge in [0, 0.05) is 44.1 Å². The second-order valence-corrected chi connectivity index (χ2v) is 9.10. The SMILES string of the molecule is Cc1nc([C@@]2(O)CCCN(C(=O)c3cnn(C)c3)CC2)sc1CCOc1ccccc1. The molecule has 1 aliphatic heterocycles. The number of likely N-dealkylation sites (tertiary alicyclic amines) is 1. The molecule has 1 atom stereocenters. The van der Waals surface area contributed by atoms with Crippen LogP contribution in [0.15, 0.2) is 42.7 Å². The van der Waals surface area contributed by atoms with Crippen molar-refractivity contribution in [3.63, 3.8) is 0 Å². The predicted molar refractivity (Wildman–Crippen MR) is 119 cm³/mol. The van der Waals surface area contributed by atoms with Crippen molar-refractivity contribution in [1.29, 1.82) is 0 Å². The van der Waals surface area contributed by atoms with E-state index in [1.165, 1.54) is 0 Å². The van der Waals surface area contributed by atoms with Crippen molar-refractivity contribution in [2.45, 2.75) is 38.2 Å². The number of benzene rings is 1. The Morgan fingerprint density at radius 2 is 2.06 bits per heavy atom. The number of amides is 1. The first-order valence-corrected chi connectivity index (χ1v) is 11.4. The zero-order chi connectivity index (χ0) is 21.8. The highest BCUT2D eigenvalue weighted by molar-refractivity contribution is 7.11. The van der Waals surface area contributed by atoms with Crippen LogP contribution in [0.1, 0.15) is 45.2 Å². The lowest BCUT2D eigenvalue weighted by molar-refractivity contribution is 0.0209. The summed E-state index contributed by atoms with van der Waals surface area (Å²) in [5, 5.41) is 16.2. The van der Waals surface area contributed by atoms with E-state index in [1.807, 2.05) is 42.2 Å². The molecule has 1 fully saturated rings. The Morgan fingerprint density at radius 3 is 2.81 bits per heavy atom. The lowest BCUT2D eigenvalue weighted by Gasteiger charge is -2.24. The van der Waals surface area contributed by atoms with Gasteiger partial charge in [-0.15, -0.1) is 11.3 Å². The molecule has 4 rings (SSSR count). The summed E-state index contributed by atoms with van der Waals surface area (Å²) < 4.78 is 7.44. The highest BCUT2D eigenvalue weighted by Crippen LogP contribution is 2.37. The van der Waals surface area contributed by atoms with Crippen molar-refractivity contribution in [3.05, 3.63) is 63.9 Å². The van der Waals surface area contributed by atoms with E-state index in [0.717, 1.165) is 34.2 Å². The van der Waals surface area contributed by atoms with Crippen LogP contribution < -0.4 is 4.74 Å². The predicted octanol–water partition coefficient (Wildman–Crippen LogP) is 3.32. The number of aromatic nitrogens is 3. The van der Waals surface area contributed by atoms with Crippen LogP contribution in [0.5, 0.6) is 5.75 Å². The number of carbonyl (C=O) groups is 1. The molecule has 3 heterocycles. The summed E-state index contributed by atoms with van der Waals surface area (Å²) in [6.45, 7) is 3.67. The molecular formula is C23H28N4O3S. The van der Waals surface area contributed by atoms with E-state index < -0.39 is 5.60 Å². The molecular weight excluding hydrogens is 412 g/mol. The van der Waals surface area contributed by atoms with Crippen molar-refractivity contribution >= 4 is 17.2 Å². The van der Waals surface area contributed by atoms with Crippen LogP contribution in [0.25, 0.3) is 0 Å². The fraction of sp³-hybridized carbons (Fsp3) is 0.435. The molecule has 0 unspecified atom stereocenters. The molecule has 0 aliphatic carbocycles. The van der Waals surface area contributed by atoms with Gasteiger partial charge in [-0.25, -0.2) is 4.98 Å². The van der Waals surface area contributed by atoms with E-state index in [0.29, 0.717) is 38.1 Å². The van der Waals surface area contributed by atoms with Crippen molar-refractivity contribution in [3.8, 4) is 5.75 Å². The van der Waals surface area contributed by atoms with Crippen LogP contribution >= 0.6 is 11.3 Å². The van der Waals surface area contributed by atoms with Gasteiger partial charge < -0.3 is 14.7 Å².